The summed E-state index contributed by atoms with van der Waals surface area (Å²) in [5.41, 5.74) is 5.97. The number of carbonyl (C=O) groups excluding carboxylic acids is 2. The number of hydrogen-bond donors (Lipinski definition) is 2. The number of halogens is 1. The van der Waals surface area contributed by atoms with Crippen molar-refractivity contribution in [2.24, 2.45) is 0 Å². The number of carbonyl (C=O) groups is 2. The fourth-order valence-corrected chi connectivity index (χ4v) is 2.36. The van der Waals surface area contributed by atoms with E-state index in [2.05, 4.69) is 21.2 Å². The van der Waals surface area contributed by atoms with Gasteiger partial charge < -0.3 is 0 Å². The van der Waals surface area contributed by atoms with E-state index >= 15 is 0 Å². The Bertz CT molecular complexity index is 895. The van der Waals surface area contributed by atoms with Gasteiger partial charge in [0.15, 0.2) is 5.69 Å². The maximum atomic E-state index is 12.1. The van der Waals surface area contributed by atoms with Gasteiger partial charge in [0, 0.05) is 0 Å². The summed E-state index contributed by atoms with van der Waals surface area (Å²) in [4.78, 5) is 24.1. The van der Waals surface area contributed by atoms with Crippen LogP contribution in [0.3, 0.4) is 0 Å². The van der Waals surface area contributed by atoms with Gasteiger partial charge in [-0.05, 0) is 17.7 Å². The SMILES string of the molecule is O=C(NNC(=O)c1ccccc1Cl)c1cn(Cc2ccccc2)nn1. The minimum Gasteiger partial charge on any atom is -0.267 e. The number of rotatable bonds is 4. The molecule has 1 aromatic heterocycles. The zero-order valence-electron chi connectivity index (χ0n) is 13.0. The lowest BCUT2D eigenvalue weighted by atomic mass is 10.2. The number of nitrogens with one attached hydrogen (secondary N) is 2. The molecule has 0 fully saturated rings. The molecule has 0 aliphatic carbocycles. The molecule has 1 heterocycles. The molecule has 0 radical (unpaired) electrons. The number of nitrogens with zero attached hydrogens (tertiary/aromatic N) is 3. The molecule has 0 unspecified atom stereocenters. The zero-order chi connectivity index (χ0) is 17.6. The molecule has 0 aliphatic heterocycles. The van der Waals surface area contributed by atoms with E-state index in [9.17, 15) is 9.59 Å². The van der Waals surface area contributed by atoms with Crippen molar-refractivity contribution in [1.82, 2.24) is 25.8 Å². The molecule has 126 valence electrons. The fourth-order valence-electron chi connectivity index (χ4n) is 2.14. The standard InChI is InChI=1S/C17H14ClN5O2/c18-14-9-5-4-8-13(14)16(24)20-21-17(25)15-11-23(22-19-15)10-12-6-2-1-3-7-12/h1-9,11H,10H2,(H,20,24)(H,21,25). The average Bonchev–Trinajstić information content (AvgIpc) is 3.09. The van der Waals surface area contributed by atoms with Crippen LogP contribution >= 0.6 is 11.6 Å². The van der Waals surface area contributed by atoms with Gasteiger partial charge in [-0.2, -0.15) is 0 Å². The van der Waals surface area contributed by atoms with Crippen LogP contribution in [0.5, 0.6) is 0 Å². The molecule has 0 saturated heterocycles. The quantitative estimate of drug-likeness (QED) is 0.701. The van der Waals surface area contributed by atoms with Gasteiger partial charge >= 0.3 is 0 Å². The lowest BCUT2D eigenvalue weighted by Crippen LogP contribution is -2.41. The third-order valence-corrected chi connectivity index (χ3v) is 3.70. The number of hydrogen-bond acceptors (Lipinski definition) is 4. The van der Waals surface area contributed by atoms with E-state index in [0.29, 0.717) is 11.6 Å². The maximum absolute atomic E-state index is 12.1. The number of amides is 2. The van der Waals surface area contributed by atoms with E-state index in [0.717, 1.165) is 5.56 Å². The Balaban J connectivity index is 1.59. The summed E-state index contributed by atoms with van der Waals surface area (Å²) in [7, 11) is 0. The largest absolute Gasteiger partial charge is 0.291 e. The third kappa shape index (κ3) is 4.21. The zero-order valence-corrected chi connectivity index (χ0v) is 13.8. The molecule has 0 aliphatic rings. The topological polar surface area (TPSA) is 88.9 Å². The molecule has 2 amide bonds. The summed E-state index contributed by atoms with van der Waals surface area (Å²) in [6.45, 7) is 0.493. The smallest absolute Gasteiger partial charge is 0.267 e. The fraction of sp³-hybridized carbons (Fsp3) is 0.0588. The van der Waals surface area contributed by atoms with Crippen molar-refractivity contribution < 1.29 is 9.59 Å². The minimum absolute atomic E-state index is 0.0930. The first-order valence-electron chi connectivity index (χ1n) is 7.43. The van der Waals surface area contributed by atoms with E-state index in [1.54, 1.807) is 28.9 Å². The lowest BCUT2D eigenvalue weighted by molar-refractivity contribution is 0.0844. The van der Waals surface area contributed by atoms with Crippen LogP contribution in [0.1, 0.15) is 26.4 Å². The van der Waals surface area contributed by atoms with Crippen molar-refractivity contribution in [3.05, 3.63) is 82.6 Å². The first-order valence-corrected chi connectivity index (χ1v) is 7.80. The highest BCUT2D eigenvalue weighted by Crippen LogP contribution is 2.14. The number of aromatic nitrogens is 3. The second-order valence-corrected chi connectivity index (χ2v) is 5.58. The van der Waals surface area contributed by atoms with Gasteiger partial charge in [-0.1, -0.05) is 59.3 Å². The average molecular weight is 356 g/mol. The molecule has 8 heteroatoms. The van der Waals surface area contributed by atoms with E-state index in [4.69, 9.17) is 11.6 Å². The molecule has 2 N–H and O–H groups in total. The van der Waals surface area contributed by atoms with Crippen molar-refractivity contribution >= 4 is 23.4 Å². The molecule has 0 saturated carbocycles. The van der Waals surface area contributed by atoms with E-state index in [1.807, 2.05) is 30.3 Å². The monoisotopic (exact) mass is 355 g/mol. The molecular weight excluding hydrogens is 342 g/mol. The van der Waals surface area contributed by atoms with Gasteiger partial charge in [0.25, 0.3) is 11.8 Å². The van der Waals surface area contributed by atoms with Crippen LogP contribution < -0.4 is 10.9 Å². The Morgan fingerprint density at radius 1 is 0.960 bits per heavy atom. The van der Waals surface area contributed by atoms with Crippen LogP contribution in [-0.2, 0) is 6.54 Å². The number of benzene rings is 2. The summed E-state index contributed by atoms with van der Waals surface area (Å²) < 4.78 is 1.54. The Kier molecular flexibility index (Phi) is 5.06. The van der Waals surface area contributed by atoms with Crippen molar-refractivity contribution in [2.75, 3.05) is 0 Å². The molecule has 7 nitrogen and oxygen atoms in total. The first-order chi connectivity index (χ1) is 12.1. The van der Waals surface area contributed by atoms with Gasteiger partial charge in [0.2, 0.25) is 0 Å². The van der Waals surface area contributed by atoms with Crippen molar-refractivity contribution in [3.8, 4) is 0 Å². The second kappa shape index (κ2) is 7.59. The highest BCUT2D eigenvalue weighted by Gasteiger charge is 2.14. The summed E-state index contributed by atoms with van der Waals surface area (Å²) >= 11 is 5.93. The Labute approximate surface area is 148 Å². The van der Waals surface area contributed by atoms with Crippen LogP contribution in [0, 0.1) is 0 Å². The number of hydrazine groups is 1. The summed E-state index contributed by atoms with van der Waals surface area (Å²) in [5.74, 6) is -1.09. The first kappa shape index (κ1) is 16.7. The predicted molar refractivity (Wildman–Crippen MR) is 92.0 cm³/mol. The molecule has 3 aromatic rings. The minimum atomic E-state index is -0.570. The highest BCUT2D eigenvalue weighted by atomic mass is 35.5. The van der Waals surface area contributed by atoms with Gasteiger partial charge in [-0.15, -0.1) is 5.10 Å². The third-order valence-electron chi connectivity index (χ3n) is 3.37. The predicted octanol–water partition coefficient (Wildman–Crippen LogP) is 2.05. The van der Waals surface area contributed by atoms with Crippen LogP contribution in [-0.4, -0.2) is 26.8 Å². The molecule has 25 heavy (non-hydrogen) atoms. The summed E-state index contributed by atoms with van der Waals surface area (Å²) in [6.07, 6.45) is 1.50. The Morgan fingerprint density at radius 3 is 2.40 bits per heavy atom. The molecule has 0 atom stereocenters. The molecule has 2 aromatic carbocycles. The Hall–Kier alpha value is -3.19. The van der Waals surface area contributed by atoms with Crippen LogP contribution in [0.15, 0.2) is 60.8 Å². The van der Waals surface area contributed by atoms with Gasteiger partial charge in [-0.3, -0.25) is 20.4 Å². The van der Waals surface area contributed by atoms with Gasteiger partial charge in [0.05, 0.1) is 23.3 Å². The van der Waals surface area contributed by atoms with Crippen molar-refractivity contribution in [1.29, 1.82) is 0 Å². The molecule has 0 spiro atoms. The van der Waals surface area contributed by atoms with Crippen LogP contribution in [0.4, 0.5) is 0 Å². The lowest BCUT2D eigenvalue weighted by Gasteiger charge is -2.06. The molecule has 3 rings (SSSR count). The van der Waals surface area contributed by atoms with Gasteiger partial charge in [-0.25, -0.2) is 4.68 Å². The highest BCUT2D eigenvalue weighted by molar-refractivity contribution is 6.33. The second-order valence-electron chi connectivity index (χ2n) is 5.18. The van der Waals surface area contributed by atoms with E-state index in [-0.39, 0.29) is 11.3 Å². The van der Waals surface area contributed by atoms with Crippen molar-refractivity contribution in [3.63, 3.8) is 0 Å². The normalized spacial score (nSPS) is 10.3. The van der Waals surface area contributed by atoms with Crippen LogP contribution in [0.2, 0.25) is 5.02 Å². The van der Waals surface area contributed by atoms with E-state index < -0.39 is 11.8 Å². The Morgan fingerprint density at radius 2 is 1.64 bits per heavy atom. The van der Waals surface area contributed by atoms with E-state index in [1.165, 1.54) is 6.20 Å². The summed E-state index contributed by atoms with van der Waals surface area (Å²) in [6, 6.07) is 16.2. The maximum Gasteiger partial charge on any atom is 0.291 e. The van der Waals surface area contributed by atoms with Crippen LogP contribution in [0.25, 0.3) is 0 Å². The van der Waals surface area contributed by atoms with Gasteiger partial charge in [0.1, 0.15) is 0 Å². The van der Waals surface area contributed by atoms with Crippen molar-refractivity contribution in [2.45, 2.75) is 6.54 Å². The molecule has 0 bridgehead atoms. The summed E-state index contributed by atoms with van der Waals surface area (Å²) in [5, 5.41) is 8.00. The molecular formula is C17H14ClN5O2.